The molecule has 1 rings (SSSR count). The van der Waals surface area contributed by atoms with E-state index >= 15 is 0 Å². The van der Waals surface area contributed by atoms with Crippen LogP contribution in [0.5, 0.6) is 0 Å². The molecule has 1 aromatic heterocycles. The molecule has 0 fully saturated rings. The maximum atomic E-state index is 11.8. The highest BCUT2D eigenvalue weighted by atomic mass is 79.9. The summed E-state index contributed by atoms with van der Waals surface area (Å²) in [4.78, 5) is 24.0. The number of amides is 2. The quantitative estimate of drug-likeness (QED) is 0.681. The van der Waals surface area contributed by atoms with Gasteiger partial charge in [0.1, 0.15) is 6.04 Å². The highest BCUT2D eigenvalue weighted by Gasteiger charge is 2.16. The Balaban J connectivity index is 2.41. The van der Waals surface area contributed by atoms with Crippen molar-refractivity contribution in [2.75, 3.05) is 13.1 Å². The van der Waals surface area contributed by atoms with Crippen molar-refractivity contribution in [1.29, 1.82) is 0 Å². The molecule has 0 aliphatic heterocycles. The monoisotopic (exact) mass is 333 g/mol. The predicted molar refractivity (Wildman–Crippen MR) is 75.6 cm³/mol. The molecule has 0 saturated heterocycles. The van der Waals surface area contributed by atoms with E-state index in [2.05, 4.69) is 26.6 Å². The lowest BCUT2D eigenvalue weighted by Gasteiger charge is -2.13. The maximum Gasteiger partial charge on any atom is 0.262 e. The zero-order valence-corrected chi connectivity index (χ0v) is 12.4. The topological polar surface area (TPSA) is 84.2 Å². The lowest BCUT2D eigenvalue weighted by Crippen LogP contribution is -2.45. The van der Waals surface area contributed by atoms with Crippen molar-refractivity contribution in [3.63, 3.8) is 0 Å². The first-order valence-corrected chi connectivity index (χ1v) is 7.19. The molecule has 0 aliphatic rings. The number of carbonyl (C=O) groups excluding carboxylic acids is 2. The van der Waals surface area contributed by atoms with Gasteiger partial charge in [0, 0.05) is 6.54 Å². The molecule has 4 N–H and O–H groups in total. The van der Waals surface area contributed by atoms with Gasteiger partial charge in [-0.05, 0) is 48.0 Å². The van der Waals surface area contributed by atoms with Crippen LogP contribution in [0, 0.1) is 0 Å². The molecule has 2 amide bonds. The van der Waals surface area contributed by atoms with Gasteiger partial charge in [-0.3, -0.25) is 9.59 Å². The van der Waals surface area contributed by atoms with Gasteiger partial charge in [-0.15, -0.1) is 11.3 Å². The molecule has 0 aliphatic carbocycles. The van der Waals surface area contributed by atoms with E-state index in [-0.39, 0.29) is 11.8 Å². The smallest absolute Gasteiger partial charge is 0.262 e. The summed E-state index contributed by atoms with van der Waals surface area (Å²) in [5, 5.41) is 5.35. The van der Waals surface area contributed by atoms with E-state index in [1.165, 1.54) is 11.3 Å². The van der Waals surface area contributed by atoms with E-state index < -0.39 is 6.04 Å². The summed E-state index contributed by atoms with van der Waals surface area (Å²) in [6.07, 6.45) is 0.726. The van der Waals surface area contributed by atoms with Crippen LogP contribution in [0.1, 0.15) is 23.0 Å². The average Bonchev–Trinajstić information content (AvgIpc) is 2.76. The summed E-state index contributed by atoms with van der Waals surface area (Å²) in [6.45, 7) is 2.71. The molecule has 0 bridgehead atoms. The van der Waals surface area contributed by atoms with Crippen LogP contribution in [-0.4, -0.2) is 30.9 Å². The predicted octanol–water partition coefficient (Wildman–Crippen LogP) is 1.09. The Morgan fingerprint density at radius 2 is 2.22 bits per heavy atom. The van der Waals surface area contributed by atoms with Gasteiger partial charge in [-0.1, -0.05) is 0 Å². The molecule has 1 aromatic rings. The summed E-state index contributed by atoms with van der Waals surface area (Å²) in [5.74, 6) is -0.445. The SMILES string of the molecule is CC(NC(=O)c1ccc(Br)s1)C(=O)NCCCN. The third kappa shape index (κ3) is 4.75. The molecule has 1 atom stereocenters. The highest BCUT2D eigenvalue weighted by Crippen LogP contribution is 2.21. The van der Waals surface area contributed by atoms with Gasteiger partial charge in [-0.25, -0.2) is 0 Å². The van der Waals surface area contributed by atoms with E-state index in [9.17, 15) is 9.59 Å². The molecule has 7 heteroatoms. The zero-order chi connectivity index (χ0) is 13.5. The Bertz CT molecular complexity index is 422. The van der Waals surface area contributed by atoms with E-state index in [4.69, 9.17) is 5.73 Å². The fourth-order valence-electron chi connectivity index (χ4n) is 1.24. The van der Waals surface area contributed by atoms with Crippen LogP contribution in [-0.2, 0) is 4.79 Å². The van der Waals surface area contributed by atoms with Crippen LogP contribution in [0.4, 0.5) is 0 Å². The first-order chi connectivity index (χ1) is 8.54. The largest absolute Gasteiger partial charge is 0.354 e. The second-order valence-corrected chi connectivity index (χ2v) is 6.20. The first kappa shape index (κ1) is 15.1. The van der Waals surface area contributed by atoms with Crippen LogP contribution in [0.2, 0.25) is 0 Å². The number of nitrogens with one attached hydrogen (secondary N) is 2. The number of nitrogens with two attached hydrogens (primary N) is 1. The first-order valence-electron chi connectivity index (χ1n) is 5.58. The molecule has 1 heterocycles. The Morgan fingerprint density at radius 1 is 1.50 bits per heavy atom. The van der Waals surface area contributed by atoms with Crippen molar-refractivity contribution in [3.8, 4) is 0 Å². The van der Waals surface area contributed by atoms with Crippen LogP contribution < -0.4 is 16.4 Å². The van der Waals surface area contributed by atoms with Gasteiger partial charge in [0.05, 0.1) is 8.66 Å². The van der Waals surface area contributed by atoms with E-state index in [1.807, 2.05) is 0 Å². The summed E-state index contributed by atoms with van der Waals surface area (Å²) < 4.78 is 0.882. The van der Waals surface area contributed by atoms with Gasteiger partial charge in [0.25, 0.3) is 5.91 Å². The minimum absolute atomic E-state index is 0.201. The third-order valence-corrected chi connectivity index (χ3v) is 3.84. The van der Waals surface area contributed by atoms with Crippen molar-refractivity contribution < 1.29 is 9.59 Å². The van der Waals surface area contributed by atoms with Gasteiger partial charge in [0.2, 0.25) is 5.91 Å². The van der Waals surface area contributed by atoms with Crippen LogP contribution in [0.25, 0.3) is 0 Å². The fraction of sp³-hybridized carbons (Fsp3) is 0.455. The van der Waals surface area contributed by atoms with Crippen molar-refractivity contribution >= 4 is 39.1 Å². The zero-order valence-electron chi connectivity index (χ0n) is 10.0. The van der Waals surface area contributed by atoms with Crippen LogP contribution in [0.3, 0.4) is 0 Å². The van der Waals surface area contributed by atoms with Crippen molar-refractivity contribution in [3.05, 3.63) is 20.8 Å². The summed E-state index contributed by atoms with van der Waals surface area (Å²) in [6, 6.07) is 2.95. The number of rotatable bonds is 6. The molecule has 0 saturated carbocycles. The van der Waals surface area contributed by atoms with E-state index in [1.54, 1.807) is 19.1 Å². The molecule has 18 heavy (non-hydrogen) atoms. The minimum Gasteiger partial charge on any atom is -0.354 e. The number of halogens is 1. The van der Waals surface area contributed by atoms with Crippen LogP contribution >= 0.6 is 27.3 Å². The third-order valence-electron chi connectivity index (χ3n) is 2.22. The van der Waals surface area contributed by atoms with Crippen LogP contribution in [0.15, 0.2) is 15.9 Å². The molecular weight excluding hydrogens is 318 g/mol. The standard InChI is InChI=1S/C11H16BrN3O2S/c1-7(10(16)14-6-2-5-13)15-11(17)8-3-4-9(12)18-8/h3-4,7H,2,5-6,13H2,1H3,(H,14,16)(H,15,17). The molecular formula is C11H16BrN3O2S. The number of hydrogen-bond donors (Lipinski definition) is 3. The summed E-state index contributed by atoms with van der Waals surface area (Å²) in [7, 11) is 0. The number of carbonyl (C=O) groups is 2. The Kier molecular flexibility index (Phi) is 6.31. The van der Waals surface area contributed by atoms with Gasteiger partial charge in [0.15, 0.2) is 0 Å². The van der Waals surface area contributed by atoms with Crippen molar-refractivity contribution in [2.24, 2.45) is 5.73 Å². The fourth-order valence-corrected chi connectivity index (χ4v) is 2.53. The lowest BCUT2D eigenvalue weighted by molar-refractivity contribution is -0.122. The second kappa shape index (κ2) is 7.50. The molecule has 100 valence electrons. The lowest BCUT2D eigenvalue weighted by atomic mass is 10.3. The van der Waals surface area contributed by atoms with Crippen molar-refractivity contribution in [2.45, 2.75) is 19.4 Å². The molecule has 0 radical (unpaired) electrons. The van der Waals surface area contributed by atoms with Crippen molar-refractivity contribution in [1.82, 2.24) is 10.6 Å². The summed E-state index contributed by atoms with van der Waals surface area (Å²) >= 11 is 4.61. The van der Waals surface area contributed by atoms with E-state index in [0.717, 1.165) is 10.2 Å². The number of thiophene rings is 1. The summed E-state index contributed by atoms with van der Waals surface area (Å²) in [5.41, 5.74) is 5.33. The number of hydrogen-bond acceptors (Lipinski definition) is 4. The molecule has 5 nitrogen and oxygen atoms in total. The Morgan fingerprint density at radius 3 is 2.78 bits per heavy atom. The minimum atomic E-state index is -0.559. The van der Waals surface area contributed by atoms with Gasteiger partial charge >= 0.3 is 0 Å². The molecule has 0 aromatic carbocycles. The van der Waals surface area contributed by atoms with Gasteiger partial charge < -0.3 is 16.4 Å². The Hall–Kier alpha value is -0.920. The normalized spacial score (nSPS) is 11.9. The Labute approximate surface area is 118 Å². The maximum absolute atomic E-state index is 11.8. The molecule has 0 spiro atoms. The highest BCUT2D eigenvalue weighted by molar-refractivity contribution is 9.11. The van der Waals surface area contributed by atoms with Gasteiger partial charge in [-0.2, -0.15) is 0 Å². The average molecular weight is 334 g/mol. The molecule has 1 unspecified atom stereocenters. The second-order valence-electron chi connectivity index (χ2n) is 3.73. The van der Waals surface area contributed by atoms with E-state index in [0.29, 0.717) is 18.0 Å².